The van der Waals surface area contributed by atoms with E-state index in [-0.39, 0.29) is 0 Å². The summed E-state index contributed by atoms with van der Waals surface area (Å²) < 4.78 is 1.78. The molecule has 6 heteroatoms. The lowest BCUT2D eigenvalue weighted by molar-refractivity contribution is -0.298. The van der Waals surface area contributed by atoms with E-state index in [0.717, 1.165) is 21.1 Å². The van der Waals surface area contributed by atoms with Crippen molar-refractivity contribution in [3.63, 3.8) is 0 Å². The Morgan fingerprint density at radius 2 is 0.833 bits per heavy atom. The van der Waals surface area contributed by atoms with Gasteiger partial charge in [0.05, 0.1) is 54.2 Å². The van der Waals surface area contributed by atoms with Gasteiger partial charge in [-0.25, -0.2) is 0 Å². The summed E-state index contributed by atoms with van der Waals surface area (Å²) in [5.74, 6) is -2.46. The van der Waals surface area contributed by atoms with Crippen LogP contribution >= 0.6 is 0 Å². The second kappa shape index (κ2) is 14.7. The molecule has 0 unspecified atom stereocenters. The van der Waals surface area contributed by atoms with Crippen molar-refractivity contribution in [3.8, 4) is 0 Å². The lowest BCUT2D eigenvalue weighted by Crippen LogP contribution is -2.34. The highest BCUT2D eigenvalue weighted by Crippen LogP contribution is 2.14. The highest BCUT2D eigenvalue weighted by atomic mass is 16.4. The number of quaternary nitrogens is 2. The molecule has 0 aliphatic heterocycles. The summed E-state index contributed by atoms with van der Waals surface area (Å²) in [5, 5.41) is 18.3. The average molecular weight is 415 g/mol. The minimum absolute atomic E-state index is 0.722. The summed E-state index contributed by atoms with van der Waals surface area (Å²) in [6.07, 6.45) is 1.44. The topological polar surface area (TPSA) is 80.3 Å². The van der Waals surface area contributed by atoms with Crippen LogP contribution in [-0.2, 0) is 9.59 Å². The van der Waals surface area contributed by atoms with E-state index < -0.39 is 11.9 Å². The van der Waals surface area contributed by atoms with E-state index in [1.54, 1.807) is 0 Å². The van der Waals surface area contributed by atoms with Crippen LogP contribution in [0.5, 0.6) is 0 Å². The standard InChI is InChI=1S/2C9H14N.2C3H4O2/c2*1-10(2,3)9-7-5-4-6-8-9;2*1-2-3(4)5/h2*4-8H,1-3H3;2*2H,1H2,(H,4,5)/q2*+1;;/p-2. The Bertz CT molecular complexity index is 692. The van der Waals surface area contributed by atoms with E-state index in [9.17, 15) is 0 Å². The first-order valence-electron chi connectivity index (χ1n) is 9.16. The SMILES string of the molecule is C=CC(=O)[O-].C=CC(=O)[O-].C[N+](C)(C)c1ccccc1.C[N+](C)(C)c1ccccc1. The zero-order chi connectivity index (χ0) is 23.8. The van der Waals surface area contributed by atoms with Gasteiger partial charge in [0, 0.05) is 0 Å². The summed E-state index contributed by atoms with van der Waals surface area (Å²) in [4.78, 5) is 18.3. The molecule has 0 N–H and O–H groups in total. The van der Waals surface area contributed by atoms with Gasteiger partial charge in [-0.3, -0.25) is 8.97 Å². The van der Waals surface area contributed by atoms with Crippen LogP contribution in [0.1, 0.15) is 0 Å². The fourth-order valence-corrected chi connectivity index (χ4v) is 1.75. The number of para-hydroxylation sites is 2. The molecular weight excluding hydrogens is 380 g/mol. The summed E-state index contributed by atoms with van der Waals surface area (Å²) in [6, 6.07) is 20.9. The van der Waals surface area contributed by atoms with E-state index in [0.29, 0.717) is 0 Å². The molecule has 164 valence electrons. The molecule has 2 rings (SSSR count). The Morgan fingerprint density at radius 1 is 0.633 bits per heavy atom. The Balaban J connectivity index is 0. The van der Waals surface area contributed by atoms with Gasteiger partial charge in [0.1, 0.15) is 11.4 Å². The van der Waals surface area contributed by atoms with Crippen molar-refractivity contribution in [3.05, 3.63) is 86.0 Å². The maximum atomic E-state index is 9.14. The minimum atomic E-state index is -1.23. The Morgan fingerprint density at radius 3 is 0.933 bits per heavy atom. The van der Waals surface area contributed by atoms with E-state index >= 15 is 0 Å². The molecule has 0 radical (unpaired) electrons. The van der Waals surface area contributed by atoms with Gasteiger partial charge in [-0.15, -0.1) is 0 Å². The number of hydrogen-bond acceptors (Lipinski definition) is 4. The fraction of sp³-hybridized carbons (Fsp3) is 0.250. The van der Waals surface area contributed by atoms with Gasteiger partial charge in [0.25, 0.3) is 0 Å². The molecule has 0 bridgehead atoms. The van der Waals surface area contributed by atoms with Gasteiger partial charge in [-0.05, 0) is 36.4 Å². The number of nitrogens with zero attached hydrogens (tertiary/aromatic N) is 2. The molecule has 30 heavy (non-hydrogen) atoms. The van der Waals surface area contributed by atoms with Crippen molar-refractivity contribution < 1.29 is 19.8 Å². The predicted octanol–water partition coefficient (Wildman–Crippen LogP) is 1.61. The third kappa shape index (κ3) is 16.9. The van der Waals surface area contributed by atoms with Crippen molar-refractivity contribution in [1.82, 2.24) is 8.97 Å². The Hall–Kier alpha value is -3.22. The van der Waals surface area contributed by atoms with Crippen LogP contribution in [-0.4, -0.2) is 54.2 Å². The normalized spacial score (nSPS) is 9.80. The molecule has 0 saturated carbocycles. The number of rotatable bonds is 4. The molecule has 0 spiro atoms. The zero-order valence-corrected chi connectivity index (χ0v) is 18.9. The number of carbonyl (C=O) groups excluding carboxylic acids is 2. The van der Waals surface area contributed by atoms with E-state index in [2.05, 4.69) is 104 Å². The number of aliphatic carboxylic acids is 2. The van der Waals surface area contributed by atoms with Gasteiger partial charge in [0.2, 0.25) is 0 Å². The molecule has 0 aromatic heterocycles. The van der Waals surface area contributed by atoms with Crippen LogP contribution in [0.25, 0.3) is 0 Å². The fourth-order valence-electron chi connectivity index (χ4n) is 1.75. The molecule has 0 aliphatic carbocycles. The maximum absolute atomic E-state index is 9.14. The van der Waals surface area contributed by atoms with Crippen LogP contribution in [0.15, 0.2) is 86.0 Å². The van der Waals surface area contributed by atoms with E-state index in [1.165, 1.54) is 11.4 Å². The molecule has 0 amide bonds. The van der Waals surface area contributed by atoms with Crippen LogP contribution in [0, 0.1) is 0 Å². The number of hydrogen-bond donors (Lipinski definition) is 0. The van der Waals surface area contributed by atoms with Gasteiger partial charge < -0.3 is 19.8 Å². The largest absolute Gasteiger partial charge is 0.545 e. The van der Waals surface area contributed by atoms with Crippen molar-refractivity contribution in [1.29, 1.82) is 0 Å². The monoisotopic (exact) mass is 414 g/mol. The summed E-state index contributed by atoms with van der Waals surface area (Å²) in [5.41, 5.74) is 2.67. The van der Waals surface area contributed by atoms with Crippen molar-refractivity contribution >= 4 is 23.3 Å². The first kappa shape index (κ1) is 29.0. The molecule has 0 atom stereocenters. The number of carboxylic acids is 2. The van der Waals surface area contributed by atoms with Gasteiger partial charge >= 0.3 is 0 Å². The minimum Gasteiger partial charge on any atom is -0.545 e. The molecule has 0 heterocycles. The predicted molar refractivity (Wildman–Crippen MR) is 122 cm³/mol. The summed E-state index contributed by atoms with van der Waals surface area (Å²) >= 11 is 0. The zero-order valence-electron chi connectivity index (χ0n) is 18.9. The van der Waals surface area contributed by atoms with E-state index in [1.807, 2.05) is 12.1 Å². The van der Waals surface area contributed by atoms with Gasteiger partial charge in [-0.2, -0.15) is 0 Å². The van der Waals surface area contributed by atoms with Crippen LogP contribution in [0.2, 0.25) is 0 Å². The van der Waals surface area contributed by atoms with Crippen LogP contribution < -0.4 is 19.2 Å². The highest BCUT2D eigenvalue weighted by molar-refractivity contribution is 5.76. The first-order chi connectivity index (χ1) is 13.8. The van der Waals surface area contributed by atoms with Crippen molar-refractivity contribution in [2.45, 2.75) is 0 Å². The molecular formula is C24H34N2O4. The smallest absolute Gasteiger partial charge is 0.132 e. The molecule has 0 fully saturated rings. The number of carbonyl (C=O) groups is 2. The number of benzene rings is 2. The maximum Gasteiger partial charge on any atom is 0.132 e. The van der Waals surface area contributed by atoms with Gasteiger partial charge in [-0.1, -0.05) is 49.6 Å². The van der Waals surface area contributed by atoms with E-state index in [4.69, 9.17) is 19.8 Å². The second-order valence-corrected chi connectivity index (χ2v) is 7.74. The van der Waals surface area contributed by atoms with Crippen LogP contribution in [0.3, 0.4) is 0 Å². The molecule has 2 aromatic carbocycles. The second-order valence-electron chi connectivity index (χ2n) is 7.74. The van der Waals surface area contributed by atoms with Crippen molar-refractivity contribution in [2.75, 3.05) is 42.3 Å². The number of carboxylic acid groups (broad SMARTS) is 2. The van der Waals surface area contributed by atoms with Crippen LogP contribution in [0.4, 0.5) is 11.4 Å². The molecule has 2 aromatic rings. The van der Waals surface area contributed by atoms with Crippen molar-refractivity contribution in [2.24, 2.45) is 0 Å². The Kier molecular flexibility index (Phi) is 14.2. The molecule has 0 aliphatic rings. The Labute approximate surface area is 180 Å². The third-order valence-corrected chi connectivity index (χ3v) is 3.39. The quantitative estimate of drug-likeness (QED) is 0.562. The molecule has 6 nitrogen and oxygen atoms in total. The van der Waals surface area contributed by atoms with Gasteiger partial charge in [0.15, 0.2) is 0 Å². The molecule has 0 saturated heterocycles. The third-order valence-electron chi connectivity index (χ3n) is 3.39. The highest BCUT2D eigenvalue weighted by Gasteiger charge is 2.09. The lowest BCUT2D eigenvalue weighted by atomic mass is 10.3. The summed E-state index contributed by atoms with van der Waals surface area (Å²) in [7, 11) is 13.0. The first-order valence-corrected chi connectivity index (χ1v) is 9.16. The average Bonchev–Trinajstić information content (AvgIpc) is 2.69. The summed E-state index contributed by atoms with van der Waals surface area (Å²) in [6.45, 7) is 5.80. The lowest BCUT2D eigenvalue weighted by Gasteiger charge is -2.22.